The van der Waals surface area contributed by atoms with Crippen molar-refractivity contribution in [2.45, 2.75) is 33.1 Å². The number of hydrogen-bond donors (Lipinski definition) is 1. The molecule has 1 unspecified atom stereocenters. The highest BCUT2D eigenvalue weighted by Crippen LogP contribution is 2.15. The van der Waals surface area contributed by atoms with Crippen molar-refractivity contribution in [1.29, 1.82) is 0 Å². The van der Waals surface area contributed by atoms with Crippen LogP contribution >= 0.6 is 0 Å². The van der Waals surface area contributed by atoms with Gasteiger partial charge in [0, 0.05) is 12.1 Å². The normalized spacial score (nSPS) is 12.4. The van der Waals surface area contributed by atoms with E-state index in [9.17, 15) is 4.79 Å². The third kappa shape index (κ3) is 4.63. The van der Waals surface area contributed by atoms with Crippen molar-refractivity contribution in [3.63, 3.8) is 0 Å². The lowest BCUT2D eigenvalue weighted by Crippen LogP contribution is -2.02. The van der Waals surface area contributed by atoms with Gasteiger partial charge in [-0.25, -0.2) is 0 Å². The summed E-state index contributed by atoms with van der Waals surface area (Å²) in [4.78, 5) is 10.8. The van der Waals surface area contributed by atoms with Gasteiger partial charge in [-0.2, -0.15) is 0 Å². The minimum atomic E-state index is 0.277. The second kappa shape index (κ2) is 5.54. The Morgan fingerprint density at radius 3 is 2.47 bits per heavy atom. The Labute approximate surface area is 91.5 Å². The fourth-order valence-electron chi connectivity index (χ4n) is 1.61. The zero-order valence-corrected chi connectivity index (χ0v) is 9.49. The standard InChI is InChI=1S/C13H19NO/c1-10(3-4-11(2)15)9-12-5-7-13(14)8-6-12/h5-8,10H,3-4,9,14H2,1-2H3. The highest BCUT2D eigenvalue weighted by molar-refractivity contribution is 5.75. The summed E-state index contributed by atoms with van der Waals surface area (Å²) in [6.07, 6.45) is 2.68. The van der Waals surface area contributed by atoms with Crippen LogP contribution in [0, 0.1) is 5.92 Å². The SMILES string of the molecule is CC(=O)CCC(C)Cc1ccc(N)cc1. The molecule has 0 aromatic heterocycles. The van der Waals surface area contributed by atoms with E-state index in [0.717, 1.165) is 18.5 Å². The molecule has 0 aliphatic rings. The summed E-state index contributed by atoms with van der Waals surface area (Å²) in [6.45, 7) is 3.83. The van der Waals surface area contributed by atoms with Crippen LogP contribution in [0.1, 0.15) is 32.3 Å². The van der Waals surface area contributed by atoms with E-state index in [1.165, 1.54) is 5.56 Å². The minimum absolute atomic E-state index is 0.277. The first-order chi connectivity index (χ1) is 7.08. The first-order valence-electron chi connectivity index (χ1n) is 5.42. The van der Waals surface area contributed by atoms with Crippen molar-refractivity contribution in [2.24, 2.45) is 5.92 Å². The molecule has 0 heterocycles. The summed E-state index contributed by atoms with van der Waals surface area (Å²) in [6, 6.07) is 7.96. The number of Topliss-reactive ketones (excluding diaryl/α,β-unsaturated/α-hetero) is 1. The molecular weight excluding hydrogens is 186 g/mol. The van der Waals surface area contributed by atoms with Crippen LogP contribution < -0.4 is 5.73 Å². The van der Waals surface area contributed by atoms with E-state index in [0.29, 0.717) is 12.3 Å². The molecule has 82 valence electrons. The fraction of sp³-hybridized carbons (Fsp3) is 0.462. The molecule has 2 N–H and O–H groups in total. The van der Waals surface area contributed by atoms with Crippen LogP contribution in [0.25, 0.3) is 0 Å². The predicted octanol–water partition coefficient (Wildman–Crippen LogP) is 2.82. The van der Waals surface area contributed by atoms with E-state index in [-0.39, 0.29) is 5.78 Å². The number of rotatable bonds is 5. The number of anilines is 1. The zero-order chi connectivity index (χ0) is 11.3. The Bertz CT molecular complexity index is 316. The summed E-state index contributed by atoms with van der Waals surface area (Å²) in [7, 11) is 0. The molecule has 0 amide bonds. The number of carbonyl (C=O) groups excluding carboxylic acids is 1. The second-order valence-corrected chi connectivity index (χ2v) is 4.29. The molecular formula is C13H19NO. The van der Waals surface area contributed by atoms with Crippen LogP contribution in [-0.2, 0) is 11.2 Å². The van der Waals surface area contributed by atoms with Gasteiger partial charge in [0.1, 0.15) is 5.78 Å². The Morgan fingerprint density at radius 1 is 1.33 bits per heavy atom. The maximum Gasteiger partial charge on any atom is 0.129 e. The Morgan fingerprint density at radius 2 is 1.93 bits per heavy atom. The van der Waals surface area contributed by atoms with Crippen LogP contribution in [0.15, 0.2) is 24.3 Å². The molecule has 0 spiro atoms. The number of nitrogen functional groups attached to an aromatic ring is 1. The molecule has 0 fully saturated rings. The molecule has 1 rings (SSSR count). The molecule has 1 atom stereocenters. The lowest BCUT2D eigenvalue weighted by molar-refractivity contribution is -0.117. The quantitative estimate of drug-likeness (QED) is 0.751. The Hall–Kier alpha value is -1.31. The molecule has 0 aliphatic heterocycles. The maximum atomic E-state index is 10.8. The Balaban J connectivity index is 2.40. The van der Waals surface area contributed by atoms with E-state index < -0.39 is 0 Å². The second-order valence-electron chi connectivity index (χ2n) is 4.29. The third-order valence-corrected chi connectivity index (χ3v) is 2.55. The van der Waals surface area contributed by atoms with Gasteiger partial charge in [0.05, 0.1) is 0 Å². The molecule has 2 nitrogen and oxygen atoms in total. The van der Waals surface area contributed by atoms with Crippen molar-refractivity contribution < 1.29 is 4.79 Å². The monoisotopic (exact) mass is 205 g/mol. The molecule has 0 saturated carbocycles. The van der Waals surface area contributed by atoms with Gasteiger partial charge in [-0.05, 0) is 43.4 Å². The van der Waals surface area contributed by atoms with Gasteiger partial charge in [0.25, 0.3) is 0 Å². The van der Waals surface area contributed by atoms with Gasteiger partial charge in [0.2, 0.25) is 0 Å². The van der Waals surface area contributed by atoms with Crippen molar-refractivity contribution in [3.8, 4) is 0 Å². The summed E-state index contributed by atoms with van der Waals surface area (Å²) < 4.78 is 0. The average molecular weight is 205 g/mol. The van der Waals surface area contributed by atoms with E-state index in [1.54, 1.807) is 6.92 Å². The predicted molar refractivity (Wildman–Crippen MR) is 63.6 cm³/mol. The lowest BCUT2D eigenvalue weighted by Gasteiger charge is -2.10. The molecule has 1 aromatic carbocycles. The highest BCUT2D eigenvalue weighted by Gasteiger charge is 2.05. The number of ketones is 1. The van der Waals surface area contributed by atoms with Gasteiger partial charge in [-0.3, -0.25) is 0 Å². The number of hydrogen-bond acceptors (Lipinski definition) is 2. The smallest absolute Gasteiger partial charge is 0.129 e. The van der Waals surface area contributed by atoms with Crippen LogP contribution in [0.3, 0.4) is 0 Å². The van der Waals surface area contributed by atoms with Crippen LogP contribution in [0.4, 0.5) is 5.69 Å². The number of benzene rings is 1. The van der Waals surface area contributed by atoms with Crippen molar-refractivity contribution in [1.82, 2.24) is 0 Å². The largest absolute Gasteiger partial charge is 0.399 e. The van der Waals surface area contributed by atoms with E-state index in [4.69, 9.17) is 5.73 Å². The Kier molecular flexibility index (Phi) is 4.35. The van der Waals surface area contributed by atoms with Gasteiger partial charge >= 0.3 is 0 Å². The average Bonchev–Trinajstić information content (AvgIpc) is 2.19. The molecule has 0 saturated heterocycles. The van der Waals surface area contributed by atoms with Crippen molar-refractivity contribution in [3.05, 3.63) is 29.8 Å². The fourth-order valence-corrected chi connectivity index (χ4v) is 1.61. The molecule has 1 aromatic rings. The van der Waals surface area contributed by atoms with Gasteiger partial charge in [-0.15, -0.1) is 0 Å². The van der Waals surface area contributed by atoms with Crippen LogP contribution in [-0.4, -0.2) is 5.78 Å². The third-order valence-electron chi connectivity index (χ3n) is 2.55. The summed E-state index contributed by atoms with van der Waals surface area (Å²) in [5.74, 6) is 0.830. The first-order valence-corrected chi connectivity index (χ1v) is 5.42. The number of nitrogens with two attached hydrogens (primary N) is 1. The van der Waals surface area contributed by atoms with Crippen molar-refractivity contribution in [2.75, 3.05) is 5.73 Å². The van der Waals surface area contributed by atoms with E-state index >= 15 is 0 Å². The van der Waals surface area contributed by atoms with Gasteiger partial charge in [-0.1, -0.05) is 19.1 Å². The molecule has 2 heteroatoms. The van der Waals surface area contributed by atoms with Crippen LogP contribution in [0.5, 0.6) is 0 Å². The molecule has 0 bridgehead atoms. The minimum Gasteiger partial charge on any atom is -0.399 e. The molecule has 0 aliphatic carbocycles. The zero-order valence-electron chi connectivity index (χ0n) is 9.49. The summed E-state index contributed by atoms with van der Waals surface area (Å²) in [5.41, 5.74) is 7.70. The first kappa shape index (κ1) is 11.8. The summed E-state index contributed by atoms with van der Waals surface area (Å²) in [5, 5.41) is 0. The maximum absolute atomic E-state index is 10.8. The summed E-state index contributed by atoms with van der Waals surface area (Å²) >= 11 is 0. The van der Waals surface area contributed by atoms with Gasteiger partial charge < -0.3 is 10.5 Å². The number of carbonyl (C=O) groups is 1. The van der Waals surface area contributed by atoms with Gasteiger partial charge in [0.15, 0.2) is 0 Å². The lowest BCUT2D eigenvalue weighted by atomic mass is 9.96. The highest BCUT2D eigenvalue weighted by atomic mass is 16.1. The van der Waals surface area contributed by atoms with E-state index in [1.807, 2.05) is 12.1 Å². The van der Waals surface area contributed by atoms with Crippen LogP contribution in [0.2, 0.25) is 0 Å². The van der Waals surface area contributed by atoms with E-state index in [2.05, 4.69) is 19.1 Å². The molecule has 15 heavy (non-hydrogen) atoms. The van der Waals surface area contributed by atoms with Crippen molar-refractivity contribution >= 4 is 11.5 Å². The topological polar surface area (TPSA) is 43.1 Å². The molecule has 0 radical (unpaired) electrons.